The number of anilines is 1. The topological polar surface area (TPSA) is 52.0 Å². The van der Waals surface area contributed by atoms with Crippen LogP contribution in [0.1, 0.15) is 31.2 Å². The number of fused-ring (bicyclic) bond motifs is 1. The lowest BCUT2D eigenvalue weighted by molar-refractivity contribution is 0.319. The van der Waals surface area contributed by atoms with Crippen LogP contribution in [0.15, 0.2) is 30.5 Å². The maximum atomic E-state index is 9.51. The first-order chi connectivity index (χ1) is 11.4. The number of aromatic nitrogens is 1. The Bertz CT molecular complexity index is 735. The Hall–Kier alpha value is -2.12. The molecule has 2 aromatic rings. The van der Waals surface area contributed by atoms with Crippen LogP contribution in [0.3, 0.4) is 0 Å². The van der Waals surface area contributed by atoms with Gasteiger partial charge in [-0.2, -0.15) is 5.26 Å². The summed E-state index contributed by atoms with van der Waals surface area (Å²) in [5.41, 5.74) is 2.75. The molecule has 2 saturated heterocycles. The van der Waals surface area contributed by atoms with Gasteiger partial charge in [-0.25, -0.2) is 0 Å². The Labute approximate surface area is 137 Å². The van der Waals surface area contributed by atoms with E-state index in [-0.39, 0.29) is 0 Å². The smallest absolute Gasteiger partial charge is 0.103 e. The van der Waals surface area contributed by atoms with Gasteiger partial charge < -0.3 is 10.2 Å². The summed E-state index contributed by atoms with van der Waals surface area (Å²) in [7, 11) is 0. The first-order valence-electron chi connectivity index (χ1n) is 8.63. The Morgan fingerprint density at radius 1 is 1.17 bits per heavy atom. The molecule has 2 fully saturated rings. The summed E-state index contributed by atoms with van der Waals surface area (Å²) >= 11 is 0. The van der Waals surface area contributed by atoms with Crippen LogP contribution >= 0.6 is 0 Å². The predicted octanol–water partition coefficient (Wildman–Crippen LogP) is 3.07. The van der Waals surface area contributed by atoms with Crippen molar-refractivity contribution >= 4 is 16.6 Å². The lowest BCUT2D eigenvalue weighted by Gasteiger charge is -2.37. The van der Waals surface area contributed by atoms with Crippen molar-refractivity contribution < 1.29 is 0 Å². The number of pyridine rings is 1. The molecule has 0 radical (unpaired) electrons. The first kappa shape index (κ1) is 14.5. The third-order valence-corrected chi connectivity index (χ3v) is 5.39. The number of rotatable bonds is 2. The van der Waals surface area contributed by atoms with E-state index in [0.29, 0.717) is 11.6 Å². The van der Waals surface area contributed by atoms with E-state index >= 15 is 0 Å². The second kappa shape index (κ2) is 6.17. The normalized spacial score (nSPS) is 22.4. The molecule has 1 N–H and O–H groups in total. The summed E-state index contributed by atoms with van der Waals surface area (Å²) in [6, 6.07) is 11.2. The Morgan fingerprint density at radius 3 is 2.74 bits per heavy atom. The molecule has 2 aliphatic rings. The summed E-state index contributed by atoms with van der Waals surface area (Å²) < 4.78 is 0. The van der Waals surface area contributed by atoms with Crippen LogP contribution in [-0.2, 0) is 0 Å². The summed E-state index contributed by atoms with van der Waals surface area (Å²) in [4.78, 5) is 6.82. The van der Waals surface area contributed by atoms with Crippen LogP contribution in [0.4, 0.5) is 5.69 Å². The third-order valence-electron chi connectivity index (χ3n) is 5.39. The molecule has 4 nitrogen and oxygen atoms in total. The van der Waals surface area contributed by atoms with Gasteiger partial charge in [-0.3, -0.25) is 4.98 Å². The molecular weight excluding hydrogens is 284 g/mol. The lowest BCUT2D eigenvalue weighted by atomic mass is 9.88. The fraction of sp³-hybridized carbons (Fsp3) is 0.474. The van der Waals surface area contributed by atoms with Gasteiger partial charge in [0.25, 0.3) is 0 Å². The van der Waals surface area contributed by atoms with E-state index in [1.807, 2.05) is 18.2 Å². The summed E-state index contributed by atoms with van der Waals surface area (Å²) in [6.07, 6.45) is 6.78. The molecule has 0 amide bonds. The minimum absolute atomic E-state index is 0.696. The molecule has 0 bridgehead atoms. The van der Waals surface area contributed by atoms with E-state index in [0.717, 1.165) is 35.6 Å². The van der Waals surface area contributed by atoms with Gasteiger partial charge >= 0.3 is 0 Å². The average molecular weight is 306 g/mol. The standard InChI is InChI=1S/C19H22N4/c20-12-15-13-22-18-5-2-1-4-16(18)19(15)23-10-7-14(8-11-23)17-6-3-9-21-17/h1-2,4-5,13-14,17,21H,3,6-11H2. The molecule has 1 atom stereocenters. The number of hydrogen-bond donors (Lipinski definition) is 1. The highest BCUT2D eigenvalue weighted by atomic mass is 15.1. The van der Waals surface area contributed by atoms with E-state index < -0.39 is 0 Å². The zero-order valence-electron chi connectivity index (χ0n) is 13.3. The Kier molecular flexibility index (Phi) is 3.88. The van der Waals surface area contributed by atoms with Crippen molar-refractivity contribution in [3.05, 3.63) is 36.0 Å². The van der Waals surface area contributed by atoms with Gasteiger partial charge in [-0.1, -0.05) is 18.2 Å². The van der Waals surface area contributed by atoms with E-state index in [9.17, 15) is 5.26 Å². The van der Waals surface area contributed by atoms with Crippen LogP contribution < -0.4 is 10.2 Å². The molecule has 2 aliphatic heterocycles. The van der Waals surface area contributed by atoms with Gasteiger partial charge in [0.05, 0.1) is 16.8 Å². The highest BCUT2D eigenvalue weighted by Crippen LogP contribution is 2.34. The van der Waals surface area contributed by atoms with Crippen LogP contribution in [-0.4, -0.2) is 30.7 Å². The zero-order valence-corrected chi connectivity index (χ0v) is 13.3. The van der Waals surface area contributed by atoms with Gasteiger partial charge in [0.1, 0.15) is 6.07 Å². The van der Waals surface area contributed by atoms with Crippen molar-refractivity contribution in [2.45, 2.75) is 31.7 Å². The maximum Gasteiger partial charge on any atom is 0.103 e. The number of piperidine rings is 1. The second-order valence-electron chi connectivity index (χ2n) is 6.68. The number of benzene rings is 1. The van der Waals surface area contributed by atoms with E-state index in [1.165, 1.54) is 32.2 Å². The summed E-state index contributed by atoms with van der Waals surface area (Å²) in [5, 5.41) is 14.3. The minimum atomic E-state index is 0.696. The molecule has 118 valence electrons. The number of para-hydroxylation sites is 1. The SMILES string of the molecule is N#Cc1cnc2ccccc2c1N1CCC(C2CCCN2)CC1. The third kappa shape index (κ3) is 2.66. The van der Waals surface area contributed by atoms with Crippen LogP contribution in [0.5, 0.6) is 0 Å². The summed E-state index contributed by atoms with van der Waals surface area (Å²) in [5.74, 6) is 0.785. The molecule has 4 rings (SSSR count). The van der Waals surface area contributed by atoms with Crippen LogP contribution in [0.2, 0.25) is 0 Å². The van der Waals surface area contributed by atoms with E-state index in [2.05, 4.69) is 27.3 Å². The van der Waals surface area contributed by atoms with E-state index in [1.54, 1.807) is 6.20 Å². The molecule has 0 saturated carbocycles. The number of nitrogens with zero attached hydrogens (tertiary/aromatic N) is 3. The Morgan fingerprint density at radius 2 is 2.00 bits per heavy atom. The first-order valence-corrected chi connectivity index (χ1v) is 8.63. The van der Waals surface area contributed by atoms with Gasteiger partial charge in [0, 0.05) is 30.7 Å². The van der Waals surface area contributed by atoms with Crippen molar-refractivity contribution in [1.29, 1.82) is 5.26 Å². The van der Waals surface area contributed by atoms with Gasteiger partial charge in [-0.15, -0.1) is 0 Å². The van der Waals surface area contributed by atoms with Crippen LogP contribution in [0.25, 0.3) is 10.9 Å². The predicted molar refractivity (Wildman–Crippen MR) is 92.4 cm³/mol. The Balaban J connectivity index is 1.61. The molecule has 23 heavy (non-hydrogen) atoms. The minimum Gasteiger partial charge on any atom is -0.370 e. The largest absolute Gasteiger partial charge is 0.370 e. The highest BCUT2D eigenvalue weighted by molar-refractivity contribution is 5.94. The lowest BCUT2D eigenvalue weighted by Crippen LogP contribution is -2.41. The number of nitrogens with one attached hydrogen (secondary N) is 1. The van der Waals surface area contributed by atoms with Gasteiger partial charge in [0.15, 0.2) is 0 Å². The van der Waals surface area contributed by atoms with Gasteiger partial charge in [-0.05, 0) is 44.2 Å². The van der Waals surface area contributed by atoms with Crippen molar-refractivity contribution in [3.8, 4) is 6.07 Å². The fourth-order valence-corrected chi connectivity index (χ4v) is 4.19. The number of nitriles is 1. The van der Waals surface area contributed by atoms with Crippen LogP contribution in [0, 0.1) is 17.2 Å². The van der Waals surface area contributed by atoms with Crippen molar-refractivity contribution in [1.82, 2.24) is 10.3 Å². The molecule has 0 spiro atoms. The highest BCUT2D eigenvalue weighted by Gasteiger charge is 2.29. The average Bonchev–Trinajstić information content (AvgIpc) is 3.15. The van der Waals surface area contributed by atoms with Crippen molar-refractivity contribution in [3.63, 3.8) is 0 Å². The molecule has 1 unspecified atom stereocenters. The fourth-order valence-electron chi connectivity index (χ4n) is 4.19. The van der Waals surface area contributed by atoms with Gasteiger partial charge in [0.2, 0.25) is 0 Å². The zero-order chi connectivity index (χ0) is 15.6. The molecule has 3 heterocycles. The molecule has 1 aromatic heterocycles. The second-order valence-corrected chi connectivity index (χ2v) is 6.68. The monoisotopic (exact) mass is 306 g/mol. The molecule has 1 aromatic carbocycles. The molecule has 0 aliphatic carbocycles. The summed E-state index contributed by atoms with van der Waals surface area (Å²) in [6.45, 7) is 3.25. The number of hydrogen-bond acceptors (Lipinski definition) is 4. The van der Waals surface area contributed by atoms with E-state index in [4.69, 9.17) is 0 Å². The molecule has 4 heteroatoms. The van der Waals surface area contributed by atoms with Crippen molar-refractivity contribution in [2.75, 3.05) is 24.5 Å². The maximum absolute atomic E-state index is 9.51. The quantitative estimate of drug-likeness (QED) is 0.926. The molecular formula is C19H22N4. The van der Waals surface area contributed by atoms with Crippen molar-refractivity contribution in [2.24, 2.45) is 5.92 Å².